The molecule has 2 aliphatic rings. The van der Waals surface area contributed by atoms with Gasteiger partial charge in [0.1, 0.15) is 5.69 Å². The summed E-state index contributed by atoms with van der Waals surface area (Å²) in [6.07, 6.45) is 0.0112. The number of rotatable bonds is 7. The summed E-state index contributed by atoms with van der Waals surface area (Å²) in [5.41, 5.74) is 0.868. The van der Waals surface area contributed by atoms with Crippen molar-refractivity contribution in [1.82, 2.24) is 5.32 Å². The lowest BCUT2D eigenvalue weighted by Crippen LogP contribution is -2.41. The topological polar surface area (TPSA) is 88.1 Å². The van der Waals surface area contributed by atoms with E-state index in [-0.39, 0.29) is 23.6 Å². The second kappa shape index (κ2) is 11.6. The molecule has 7 nitrogen and oxygen atoms in total. The molecule has 0 spiro atoms. The Morgan fingerprint density at radius 2 is 1.65 bits per heavy atom. The smallest absolute Gasteiger partial charge is 0.382 e. The molecule has 0 atom stereocenters. The summed E-state index contributed by atoms with van der Waals surface area (Å²) in [6, 6.07) is 11.8. The Kier molecular flexibility index (Phi) is 8.49. The van der Waals surface area contributed by atoms with Crippen LogP contribution in [0, 0.1) is 18.8 Å². The summed E-state index contributed by atoms with van der Waals surface area (Å²) >= 11 is 0. The van der Waals surface area contributed by atoms with Gasteiger partial charge in [-0.25, -0.2) is 0 Å². The van der Waals surface area contributed by atoms with E-state index in [1.807, 2.05) is 0 Å². The van der Waals surface area contributed by atoms with Gasteiger partial charge in [-0.15, -0.1) is 5.23 Å². The second-order valence-corrected chi connectivity index (χ2v) is 10.2. The van der Waals surface area contributed by atoms with Gasteiger partial charge in [-0.1, -0.05) is 17.7 Å². The van der Waals surface area contributed by atoms with Crippen LogP contribution in [0.4, 0.5) is 30.2 Å². The van der Waals surface area contributed by atoms with Crippen LogP contribution in [0.25, 0.3) is 0 Å². The van der Waals surface area contributed by atoms with Crippen LogP contribution in [0.3, 0.4) is 0 Å². The van der Waals surface area contributed by atoms with E-state index in [1.54, 1.807) is 0 Å². The van der Waals surface area contributed by atoms with Crippen molar-refractivity contribution in [3.8, 4) is 0 Å². The maximum Gasteiger partial charge on any atom is 0.418 e. The van der Waals surface area contributed by atoms with Gasteiger partial charge in [0.25, 0.3) is 0 Å². The van der Waals surface area contributed by atoms with E-state index >= 15 is 0 Å². The predicted octanol–water partition coefficient (Wildman–Crippen LogP) is 5.60. The summed E-state index contributed by atoms with van der Waals surface area (Å²) in [5.74, 6) is 0.438. The molecule has 2 aromatic carbocycles. The number of hydrogen-bond donors (Lipinski definition) is 4. The van der Waals surface area contributed by atoms with Crippen LogP contribution in [0.1, 0.15) is 49.7 Å². The molecule has 0 bridgehead atoms. The first-order valence-corrected chi connectivity index (χ1v) is 12.8. The number of halogens is 3. The molecule has 1 saturated carbocycles. The van der Waals surface area contributed by atoms with Crippen LogP contribution in [0.15, 0.2) is 42.5 Å². The lowest BCUT2D eigenvalue weighted by molar-refractivity contribution is -0.138. The van der Waals surface area contributed by atoms with Crippen LogP contribution < -0.4 is 20.8 Å². The zero-order valence-electron chi connectivity index (χ0n) is 21.0. The number of carbonyl (C=O) groups is 1. The molecule has 1 amide bonds. The number of amides is 1. The molecule has 2 fully saturated rings. The number of aryl methyl sites for hydroxylation is 1. The Morgan fingerprint density at radius 1 is 1.00 bits per heavy atom. The predicted molar refractivity (Wildman–Crippen MR) is 136 cm³/mol. The third-order valence-corrected chi connectivity index (χ3v) is 7.56. The number of carbonyl (C=O) groups excluding carboxylic acids is 1. The first-order chi connectivity index (χ1) is 17.6. The van der Waals surface area contributed by atoms with Crippen molar-refractivity contribution < 1.29 is 28.4 Å². The lowest BCUT2D eigenvalue weighted by atomic mass is 9.85. The van der Waals surface area contributed by atoms with Crippen LogP contribution in [-0.4, -0.2) is 42.0 Å². The van der Waals surface area contributed by atoms with E-state index in [0.717, 1.165) is 38.1 Å². The highest BCUT2D eigenvalue weighted by molar-refractivity contribution is 5.78. The number of nitrogens with one attached hydrogen (secondary N) is 2. The Bertz CT molecular complexity index is 1050. The molecule has 1 aliphatic carbocycles. The van der Waals surface area contributed by atoms with Crippen molar-refractivity contribution in [2.45, 2.75) is 57.7 Å². The third-order valence-electron chi connectivity index (χ3n) is 7.56. The van der Waals surface area contributed by atoms with Crippen LogP contribution in [0.5, 0.6) is 0 Å². The van der Waals surface area contributed by atoms with Gasteiger partial charge >= 0.3 is 6.18 Å². The van der Waals surface area contributed by atoms with Gasteiger partial charge in [-0.3, -0.25) is 15.2 Å². The fourth-order valence-corrected chi connectivity index (χ4v) is 5.30. The quantitative estimate of drug-likeness (QED) is 0.356. The van der Waals surface area contributed by atoms with E-state index in [9.17, 15) is 18.0 Å². The summed E-state index contributed by atoms with van der Waals surface area (Å²) in [6.45, 7) is 4.72. The third kappa shape index (κ3) is 7.07. The second-order valence-electron chi connectivity index (χ2n) is 10.2. The summed E-state index contributed by atoms with van der Waals surface area (Å²) in [5, 5.41) is 23.9. The molecule has 37 heavy (non-hydrogen) atoms. The van der Waals surface area contributed by atoms with Gasteiger partial charge in [-0.05, 0) is 81.7 Å². The standard InChI is InChI=1S/C27H35F3N4O3/c1-18-2-9-23(10-3-18)33-14-12-19(13-15-33)17-31-26(35)20-4-6-21(7-5-20)32-22-8-11-25(34(36)37)24(16-22)27(28,29)30/h2-3,8-11,16,19-21,32,36-37H,4-7,12-15,17H2,1H3,(H,31,35). The first kappa shape index (κ1) is 27.1. The molecule has 10 heteroatoms. The molecule has 0 aromatic heterocycles. The molecule has 1 saturated heterocycles. The van der Waals surface area contributed by atoms with E-state index in [1.165, 1.54) is 17.3 Å². The highest BCUT2D eigenvalue weighted by Crippen LogP contribution is 2.38. The molecule has 0 unspecified atom stereocenters. The zero-order valence-corrected chi connectivity index (χ0v) is 21.0. The SMILES string of the molecule is Cc1ccc(N2CCC(CNC(=O)C3CCC(Nc4ccc(N(O)O)c(C(F)(F)F)c4)CC3)CC2)cc1. The normalized spacial score (nSPS) is 21.0. The Hall–Kier alpha value is -2.98. The van der Waals surface area contributed by atoms with Gasteiger partial charge < -0.3 is 15.5 Å². The fourth-order valence-electron chi connectivity index (χ4n) is 5.30. The Morgan fingerprint density at radius 3 is 2.24 bits per heavy atom. The van der Waals surface area contributed by atoms with Crippen molar-refractivity contribution in [3.05, 3.63) is 53.6 Å². The van der Waals surface area contributed by atoms with Crippen molar-refractivity contribution in [2.75, 3.05) is 35.1 Å². The average molecular weight is 521 g/mol. The fraction of sp³-hybridized carbons (Fsp3) is 0.519. The molecule has 2 aromatic rings. The van der Waals surface area contributed by atoms with E-state index < -0.39 is 22.7 Å². The molecular weight excluding hydrogens is 485 g/mol. The minimum absolute atomic E-state index is 0.0542. The number of benzene rings is 2. The van der Waals surface area contributed by atoms with E-state index in [2.05, 4.69) is 46.7 Å². The van der Waals surface area contributed by atoms with Gasteiger partial charge in [0.05, 0.1) is 5.56 Å². The van der Waals surface area contributed by atoms with Crippen LogP contribution >= 0.6 is 0 Å². The molecule has 1 heterocycles. The summed E-state index contributed by atoms with van der Waals surface area (Å²) in [4.78, 5) is 15.2. The zero-order chi connectivity index (χ0) is 26.6. The van der Waals surface area contributed by atoms with Gasteiger partial charge in [0, 0.05) is 43.0 Å². The van der Waals surface area contributed by atoms with Crippen LogP contribution in [-0.2, 0) is 11.0 Å². The van der Waals surface area contributed by atoms with Gasteiger partial charge in [-0.2, -0.15) is 13.2 Å². The number of piperidine rings is 1. The maximum absolute atomic E-state index is 13.3. The van der Waals surface area contributed by atoms with E-state index in [4.69, 9.17) is 10.4 Å². The maximum atomic E-state index is 13.3. The first-order valence-electron chi connectivity index (χ1n) is 12.8. The molecule has 1 aliphatic heterocycles. The lowest BCUT2D eigenvalue weighted by Gasteiger charge is -2.34. The van der Waals surface area contributed by atoms with Gasteiger partial charge in [0.15, 0.2) is 0 Å². The molecule has 4 N–H and O–H groups in total. The molecule has 202 valence electrons. The van der Waals surface area contributed by atoms with Crippen molar-refractivity contribution in [1.29, 1.82) is 0 Å². The molecule has 0 radical (unpaired) electrons. The van der Waals surface area contributed by atoms with E-state index in [0.29, 0.717) is 38.1 Å². The Balaban J connectivity index is 1.20. The van der Waals surface area contributed by atoms with Crippen molar-refractivity contribution in [2.24, 2.45) is 11.8 Å². The molecule has 4 rings (SSSR count). The van der Waals surface area contributed by atoms with Crippen molar-refractivity contribution >= 4 is 23.0 Å². The number of alkyl halides is 3. The highest BCUT2D eigenvalue weighted by atomic mass is 19.4. The van der Waals surface area contributed by atoms with Crippen LogP contribution in [0.2, 0.25) is 0 Å². The Labute approximate surface area is 215 Å². The number of nitrogens with zero attached hydrogens (tertiary/aromatic N) is 2. The summed E-state index contributed by atoms with van der Waals surface area (Å²) < 4.78 is 39.9. The summed E-state index contributed by atoms with van der Waals surface area (Å²) in [7, 11) is 0. The average Bonchev–Trinajstić information content (AvgIpc) is 2.88. The van der Waals surface area contributed by atoms with Gasteiger partial charge in [0.2, 0.25) is 5.91 Å². The minimum atomic E-state index is -4.73. The number of anilines is 3. The van der Waals surface area contributed by atoms with Crippen molar-refractivity contribution in [3.63, 3.8) is 0 Å². The highest BCUT2D eigenvalue weighted by Gasteiger charge is 2.36. The monoisotopic (exact) mass is 520 g/mol. The molecular formula is C27H35F3N4O3. The number of hydrogen-bond acceptors (Lipinski definition) is 6. The minimum Gasteiger partial charge on any atom is -0.382 e. The largest absolute Gasteiger partial charge is 0.418 e.